The molecule has 20 heavy (non-hydrogen) atoms. The summed E-state index contributed by atoms with van der Waals surface area (Å²) >= 11 is 1.56. The zero-order valence-corrected chi connectivity index (χ0v) is 14.3. The molecule has 2 heterocycles. The Morgan fingerprint density at radius 2 is 2.30 bits per heavy atom. The number of hydrogen-bond donors (Lipinski definition) is 2. The fourth-order valence-corrected chi connectivity index (χ4v) is 2.90. The minimum absolute atomic E-state index is 0. The van der Waals surface area contributed by atoms with Gasteiger partial charge in [0, 0.05) is 17.8 Å². The lowest BCUT2D eigenvalue weighted by atomic mass is 10.00. The van der Waals surface area contributed by atoms with Gasteiger partial charge in [-0.15, -0.1) is 36.2 Å². The van der Waals surface area contributed by atoms with Gasteiger partial charge in [0.25, 0.3) is 5.91 Å². The fourth-order valence-electron chi connectivity index (χ4n) is 2.08. The molecule has 2 N–H and O–H groups in total. The summed E-state index contributed by atoms with van der Waals surface area (Å²) in [4.78, 5) is 16.3. The number of nitrogens with zero attached hydrogens (tertiary/aromatic N) is 1. The van der Waals surface area contributed by atoms with E-state index >= 15 is 0 Å². The largest absolute Gasteiger partial charge is 0.350 e. The molecule has 0 saturated carbocycles. The number of rotatable bonds is 4. The number of thiazole rings is 1. The average molecular weight is 340 g/mol. The fraction of sp³-hybridized carbons (Fsp3) is 0.692. The van der Waals surface area contributed by atoms with Crippen molar-refractivity contribution in [2.75, 3.05) is 19.6 Å². The molecule has 0 bridgehead atoms. The Hall–Kier alpha value is -0.360. The predicted octanol–water partition coefficient (Wildman–Crippen LogP) is 2.84. The molecule has 116 valence electrons. The molecule has 0 aliphatic carbocycles. The average Bonchev–Trinajstić information content (AvgIpc) is 2.87. The molecule has 1 unspecified atom stereocenters. The molecule has 0 radical (unpaired) electrons. The van der Waals surface area contributed by atoms with Gasteiger partial charge in [-0.05, 0) is 31.8 Å². The third-order valence-corrected chi connectivity index (χ3v) is 4.34. The summed E-state index contributed by atoms with van der Waals surface area (Å²) in [6.07, 6.45) is 2.40. The van der Waals surface area contributed by atoms with Crippen molar-refractivity contribution in [3.05, 3.63) is 16.1 Å². The van der Waals surface area contributed by atoms with Crippen LogP contribution in [0.4, 0.5) is 0 Å². The van der Waals surface area contributed by atoms with Crippen molar-refractivity contribution < 1.29 is 4.79 Å². The highest BCUT2D eigenvalue weighted by Crippen LogP contribution is 2.19. The second kappa shape index (κ2) is 9.55. The summed E-state index contributed by atoms with van der Waals surface area (Å²) in [5, 5.41) is 9.22. The molecule has 0 aromatic carbocycles. The predicted molar refractivity (Wildman–Crippen MR) is 88.6 cm³/mol. The summed E-state index contributed by atoms with van der Waals surface area (Å²) in [6, 6.07) is 0. The Morgan fingerprint density at radius 1 is 1.55 bits per heavy atom. The maximum Gasteiger partial charge on any atom is 0.270 e. The van der Waals surface area contributed by atoms with Crippen LogP contribution < -0.4 is 10.6 Å². The molecular weight excluding hydrogens is 317 g/mol. The van der Waals surface area contributed by atoms with E-state index in [1.807, 2.05) is 5.38 Å². The maximum absolute atomic E-state index is 11.9. The van der Waals surface area contributed by atoms with Crippen molar-refractivity contribution in [1.82, 2.24) is 15.6 Å². The summed E-state index contributed by atoms with van der Waals surface area (Å²) in [5.41, 5.74) is 0.562. The van der Waals surface area contributed by atoms with Crippen LogP contribution in [-0.2, 0) is 0 Å². The van der Waals surface area contributed by atoms with E-state index in [1.165, 1.54) is 12.8 Å². The SMILES string of the molecule is CC(C)c1nc(C(=O)NCC2CCCNC2)cs1.Cl.Cl. The Bertz CT molecular complexity index is 406. The molecular formula is C13H23Cl2N3OS. The Morgan fingerprint density at radius 3 is 2.85 bits per heavy atom. The summed E-state index contributed by atoms with van der Waals surface area (Å²) < 4.78 is 0. The summed E-state index contributed by atoms with van der Waals surface area (Å²) in [6.45, 7) is 7.05. The molecule has 0 spiro atoms. The van der Waals surface area contributed by atoms with Crippen LogP contribution in [0, 0.1) is 5.92 Å². The highest BCUT2D eigenvalue weighted by Gasteiger charge is 2.16. The first-order valence-electron chi connectivity index (χ1n) is 6.61. The molecule has 1 saturated heterocycles. The van der Waals surface area contributed by atoms with Crippen molar-refractivity contribution in [2.45, 2.75) is 32.6 Å². The standard InChI is InChI=1S/C13H21N3OS.2ClH/c1-9(2)13-16-11(8-18-13)12(17)15-7-10-4-3-5-14-6-10;;/h8-10,14H,3-7H2,1-2H3,(H,15,17);2*1H. The number of nitrogens with one attached hydrogen (secondary N) is 2. The van der Waals surface area contributed by atoms with Gasteiger partial charge in [0.2, 0.25) is 0 Å². The van der Waals surface area contributed by atoms with Crippen LogP contribution in [0.5, 0.6) is 0 Å². The minimum Gasteiger partial charge on any atom is -0.350 e. The molecule has 2 rings (SSSR count). The first kappa shape index (κ1) is 19.6. The highest BCUT2D eigenvalue weighted by atomic mass is 35.5. The van der Waals surface area contributed by atoms with E-state index < -0.39 is 0 Å². The smallest absolute Gasteiger partial charge is 0.270 e. The number of hydrogen-bond acceptors (Lipinski definition) is 4. The van der Waals surface area contributed by atoms with E-state index in [9.17, 15) is 4.79 Å². The van der Waals surface area contributed by atoms with E-state index in [0.717, 1.165) is 24.6 Å². The van der Waals surface area contributed by atoms with Gasteiger partial charge in [-0.1, -0.05) is 13.8 Å². The number of aromatic nitrogens is 1. The number of piperidine rings is 1. The lowest BCUT2D eigenvalue weighted by Gasteiger charge is -2.22. The Kier molecular flexibility index (Phi) is 9.38. The van der Waals surface area contributed by atoms with Crippen LogP contribution >= 0.6 is 36.2 Å². The molecule has 1 aromatic heterocycles. The molecule has 7 heteroatoms. The number of carbonyl (C=O) groups excluding carboxylic acids is 1. The number of carbonyl (C=O) groups is 1. The van der Waals surface area contributed by atoms with Gasteiger partial charge in [-0.2, -0.15) is 0 Å². The normalized spacial score (nSPS) is 18.1. The molecule has 1 fully saturated rings. The monoisotopic (exact) mass is 339 g/mol. The van der Waals surface area contributed by atoms with Gasteiger partial charge < -0.3 is 10.6 Å². The second-order valence-corrected chi connectivity index (χ2v) is 6.04. The number of halogens is 2. The quantitative estimate of drug-likeness (QED) is 0.886. The van der Waals surface area contributed by atoms with E-state index in [-0.39, 0.29) is 30.7 Å². The van der Waals surface area contributed by atoms with E-state index in [0.29, 0.717) is 17.5 Å². The van der Waals surface area contributed by atoms with Gasteiger partial charge in [0.15, 0.2) is 0 Å². The van der Waals surface area contributed by atoms with Crippen molar-refractivity contribution >= 4 is 42.1 Å². The third-order valence-electron chi connectivity index (χ3n) is 3.20. The van der Waals surface area contributed by atoms with Crippen LogP contribution in [-0.4, -0.2) is 30.5 Å². The van der Waals surface area contributed by atoms with Gasteiger partial charge in [-0.25, -0.2) is 4.98 Å². The zero-order chi connectivity index (χ0) is 13.0. The number of amides is 1. The van der Waals surface area contributed by atoms with Gasteiger partial charge in [-0.3, -0.25) is 4.79 Å². The van der Waals surface area contributed by atoms with Crippen LogP contribution in [0.3, 0.4) is 0 Å². The van der Waals surface area contributed by atoms with Crippen molar-refractivity contribution in [3.8, 4) is 0 Å². The molecule has 4 nitrogen and oxygen atoms in total. The van der Waals surface area contributed by atoms with E-state index in [4.69, 9.17) is 0 Å². The Labute approximate surface area is 137 Å². The first-order chi connectivity index (χ1) is 8.66. The minimum atomic E-state index is -0.0382. The van der Waals surface area contributed by atoms with E-state index in [2.05, 4.69) is 29.5 Å². The van der Waals surface area contributed by atoms with Crippen LogP contribution in [0.25, 0.3) is 0 Å². The molecule has 1 aromatic rings. The lowest BCUT2D eigenvalue weighted by molar-refractivity contribution is 0.0940. The van der Waals surface area contributed by atoms with Gasteiger partial charge in [0.1, 0.15) is 5.69 Å². The molecule has 1 atom stereocenters. The molecule has 1 aliphatic heterocycles. The third kappa shape index (κ3) is 5.56. The van der Waals surface area contributed by atoms with Crippen LogP contribution in [0.2, 0.25) is 0 Å². The lowest BCUT2D eigenvalue weighted by Crippen LogP contribution is -2.38. The van der Waals surface area contributed by atoms with Crippen molar-refractivity contribution in [3.63, 3.8) is 0 Å². The summed E-state index contributed by atoms with van der Waals surface area (Å²) in [7, 11) is 0. The van der Waals surface area contributed by atoms with E-state index in [1.54, 1.807) is 11.3 Å². The highest BCUT2D eigenvalue weighted by molar-refractivity contribution is 7.09. The topological polar surface area (TPSA) is 54.0 Å². The zero-order valence-electron chi connectivity index (χ0n) is 11.8. The van der Waals surface area contributed by atoms with Crippen LogP contribution in [0.15, 0.2) is 5.38 Å². The molecule has 1 amide bonds. The van der Waals surface area contributed by atoms with Crippen LogP contribution in [0.1, 0.15) is 48.1 Å². The van der Waals surface area contributed by atoms with Gasteiger partial charge in [0.05, 0.1) is 5.01 Å². The second-order valence-electron chi connectivity index (χ2n) is 5.15. The van der Waals surface area contributed by atoms with Crippen molar-refractivity contribution in [2.24, 2.45) is 5.92 Å². The summed E-state index contributed by atoms with van der Waals surface area (Å²) in [5.74, 6) is 0.911. The van der Waals surface area contributed by atoms with Gasteiger partial charge >= 0.3 is 0 Å². The maximum atomic E-state index is 11.9. The van der Waals surface area contributed by atoms with Crippen molar-refractivity contribution in [1.29, 1.82) is 0 Å². The Balaban J connectivity index is 0.00000180. The first-order valence-corrected chi connectivity index (χ1v) is 7.49. The molecule has 1 aliphatic rings.